The quantitative estimate of drug-likeness (QED) is 0.713. The monoisotopic (exact) mass is 228 g/mol. The summed E-state index contributed by atoms with van der Waals surface area (Å²) < 4.78 is 0. The molecule has 1 aliphatic rings. The normalized spacial score (nSPS) is 27.9. The van der Waals surface area contributed by atoms with Gasteiger partial charge in [-0.3, -0.25) is 0 Å². The van der Waals surface area contributed by atoms with Crippen molar-refractivity contribution in [2.45, 2.75) is 18.4 Å². The average molecular weight is 228 g/mol. The summed E-state index contributed by atoms with van der Waals surface area (Å²) in [5, 5.41) is 0. The molecule has 1 fully saturated rings. The van der Waals surface area contributed by atoms with Crippen LogP contribution in [0.25, 0.3) is 0 Å². The Labute approximate surface area is 100 Å². The van der Waals surface area contributed by atoms with Crippen molar-refractivity contribution in [3.05, 3.63) is 0 Å². The number of piperidine rings is 1. The molecule has 0 radical (unpaired) electrons. The zero-order valence-electron chi connectivity index (χ0n) is 11.4. The molecule has 0 spiro atoms. The zero-order valence-corrected chi connectivity index (χ0v) is 11.4. The molecule has 1 heterocycles. The van der Waals surface area contributed by atoms with Crippen molar-refractivity contribution >= 4 is 0 Å². The number of hydrogen-bond acceptors (Lipinski definition) is 4. The van der Waals surface area contributed by atoms with Crippen LogP contribution in [0.4, 0.5) is 0 Å². The summed E-state index contributed by atoms with van der Waals surface area (Å²) >= 11 is 0. The molecule has 1 unspecified atom stereocenters. The highest BCUT2D eigenvalue weighted by Crippen LogP contribution is 2.24. The average Bonchev–Trinajstić information content (AvgIpc) is 2.26. The maximum absolute atomic E-state index is 5.98. The number of nitrogens with zero attached hydrogens (tertiary/aromatic N) is 3. The highest BCUT2D eigenvalue weighted by atomic mass is 15.3. The Kier molecular flexibility index (Phi) is 5.18. The molecule has 16 heavy (non-hydrogen) atoms. The molecule has 0 saturated carbocycles. The van der Waals surface area contributed by atoms with Crippen LogP contribution in [0.3, 0.4) is 0 Å². The van der Waals surface area contributed by atoms with E-state index in [1.165, 1.54) is 19.4 Å². The van der Waals surface area contributed by atoms with Gasteiger partial charge < -0.3 is 20.4 Å². The molecule has 0 bridgehead atoms. The first-order valence-corrected chi connectivity index (χ1v) is 6.25. The van der Waals surface area contributed by atoms with Crippen LogP contribution >= 0.6 is 0 Å². The summed E-state index contributed by atoms with van der Waals surface area (Å²) in [5.74, 6) is 0. The van der Waals surface area contributed by atoms with Gasteiger partial charge in [0.2, 0.25) is 0 Å². The van der Waals surface area contributed by atoms with Gasteiger partial charge in [-0.2, -0.15) is 0 Å². The van der Waals surface area contributed by atoms with Gasteiger partial charge in [0.05, 0.1) is 0 Å². The lowest BCUT2D eigenvalue weighted by atomic mass is 9.88. The number of rotatable bonds is 5. The highest BCUT2D eigenvalue weighted by Gasteiger charge is 2.35. The van der Waals surface area contributed by atoms with Crippen LogP contribution in [0.15, 0.2) is 0 Å². The lowest BCUT2D eigenvalue weighted by molar-refractivity contribution is 0.0476. The van der Waals surface area contributed by atoms with Gasteiger partial charge in [-0.25, -0.2) is 0 Å². The molecule has 0 aliphatic carbocycles. The van der Waals surface area contributed by atoms with E-state index in [2.05, 4.69) is 42.9 Å². The second kappa shape index (κ2) is 5.96. The Balaban J connectivity index is 2.51. The summed E-state index contributed by atoms with van der Waals surface area (Å²) in [6.45, 7) is 5.39. The van der Waals surface area contributed by atoms with Gasteiger partial charge in [-0.15, -0.1) is 0 Å². The van der Waals surface area contributed by atoms with Gasteiger partial charge >= 0.3 is 0 Å². The first-order valence-electron chi connectivity index (χ1n) is 6.25. The van der Waals surface area contributed by atoms with Gasteiger partial charge in [0.25, 0.3) is 0 Å². The van der Waals surface area contributed by atoms with Gasteiger partial charge in [-0.05, 0) is 47.6 Å². The summed E-state index contributed by atoms with van der Waals surface area (Å²) in [6, 6.07) is 0. The first kappa shape index (κ1) is 13.9. The molecule has 1 aliphatic heterocycles. The SMILES string of the molecule is CN(C)CCN1CCCC(CN)(N(C)C)C1. The van der Waals surface area contributed by atoms with Crippen molar-refractivity contribution in [3.8, 4) is 0 Å². The maximum atomic E-state index is 5.98. The van der Waals surface area contributed by atoms with E-state index in [1.807, 2.05) is 0 Å². The van der Waals surface area contributed by atoms with Crippen LogP contribution in [0.5, 0.6) is 0 Å². The Bertz CT molecular complexity index is 205. The first-order chi connectivity index (χ1) is 7.50. The minimum absolute atomic E-state index is 0.199. The maximum Gasteiger partial charge on any atom is 0.0453 e. The fraction of sp³-hybridized carbons (Fsp3) is 1.00. The van der Waals surface area contributed by atoms with E-state index in [4.69, 9.17) is 5.73 Å². The Morgan fingerprint density at radius 2 is 1.94 bits per heavy atom. The molecule has 0 aromatic rings. The lowest BCUT2D eigenvalue weighted by Gasteiger charge is -2.46. The molecule has 4 heteroatoms. The van der Waals surface area contributed by atoms with Gasteiger partial charge in [0.1, 0.15) is 0 Å². The Morgan fingerprint density at radius 1 is 1.25 bits per heavy atom. The van der Waals surface area contributed by atoms with Crippen molar-refractivity contribution in [3.63, 3.8) is 0 Å². The lowest BCUT2D eigenvalue weighted by Crippen LogP contribution is -2.60. The minimum Gasteiger partial charge on any atom is -0.329 e. The van der Waals surface area contributed by atoms with Crippen molar-refractivity contribution in [1.29, 1.82) is 0 Å². The van der Waals surface area contributed by atoms with E-state index < -0.39 is 0 Å². The molecule has 1 saturated heterocycles. The third-order valence-corrected chi connectivity index (χ3v) is 3.83. The second-order valence-corrected chi connectivity index (χ2v) is 5.51. The van der Waals surface area contributed by atoms with Crippen molar-refractivity contribution in [2.75, 3.05) is 60.9 Å². The van der Waals surface area contributed by atoms with Gasteiger partial charge in [-0.1, -0.05) is 0 Å². The molecule has 1 rings (SSSR count). The standard InChI is InChI=1S/C12H28N4/c1-14(2)8-9-16-7-5-6-12(10-13,11-16)15(3)4/h5-11,13H2,1-4H3. The summed E-state index contributed by atoms with van der Waals surface area (Å²) in [4.78, 5) is 7.11. The third-order valence-electron chi connectivity index (χ3n) is 3.83. The second-order valence-electron chi connectivity index (χ2n) is 5.51. The fourth-order valence-electron chi connectivity index (χ4n) is 2.45. The highest BCUT2D eigenvalue weighted by molar-refractivity contribution is 4.95. The smallest absolute Gasteiger partial charge is 0.0453 e. The molecular formula is C12H28N4. The van der Waals surface area contributed by atoms with Crippen molar-refractivity contribution in [2.24, 2.45) is 5.73 Å². The summed E-state index contributed by atoms with van der Waals surface area (Å²) in [5.41, 5.74) is 6.18. The molecular weight excluding hydrogens is 200 g/mol. The number of likely N-dealkylation sites (tertiary alicyclic amines) is 1. The predicted molar refractivity (Wildman–Crippen MR) is 69.7 cm³/mol. The number of nitrogens with two attached hydrogens (primary N) is 1. The van der Waals surface area contributed by atoms with Gasteiger partial charge in [0, 0.05) is 31.7 Å². The van der Waals surface area contributed by atoms with Crippen LogP contribution < -0.4 is 5.73 Å². The molecule has 4 nitrogen and oxygen atoms in total. The summed E-state index contributed by atoms with van der Waals surface area (Å²) in [7, 11) is 8.57. The predicted octanol–water partition coefficient (Wildman–Crippen LogP) is -0.0971. The largest absolute Gasteiger partial charge is 0.329 e. The van der Waals surface area contributed by atoms with E-state index in [0.717, 1.165) is 26.2 Å². The van der Waals surface area contributed by atoms with Crippen molar-refractivity contribution in [1.82, 2.24) is 14.7 Å². The number of hydrogen-bond donors (Lipinski definition) is 1. The van der Waals surface area contributed by atoms with Crippen LogP contribution in [0.2, 0.25) is 0 Å². The van der Waals surface area contributed by atoms with Crippen LogP contribution in [0, 0.1) is 0 Å². The molecule has 0 aromatic carbocycles. The van der Waals surface area contributed by atoms with E-state index >= 15 is 0 Å². The van der Waals surface area contributed by atoms with Gasteiger partial charge in [0.15, 0.2) is 0 Å². The topological polar surface area (TPSA) is 35.7 Å². The van der Waals surface area contributed by atoms with E-state index in [-0.39, 0.29) is 5.54 Å². The van der Waals surface area contributed by atoms with E-state index in [0.29, 0.717) is 0 Å². The molecule has 1 atom stereocenters. The van der Waals surface area contributed by atoms with E-state index in [9.17, 15) is 0 Å². The van der Waals surface area contributed by atoms with E-state index in [1.54, 1.807) is 0 Å². The minimum atomic E-state index is 0.199. The third kappa shape index (κ3) is 3.42. The van der Waals surface area contributed by atoms with Crippen LogP contribution in [0.1, 0.15) is 12.8 Å². The number of likely N-dealkylation sites (N-methyl/N-ethyl adjacent to an activating group) is 2. The van der Waals surface area contributed by atoms with Crippen molar-refractivity contribution < 1.29 is 0 Å². The van der Waals surface area contributed by atoms with Crippen LogP contribution in [-0.2, 0) is 0 Å². The Morgan fingerprint density at radius 3 is 2.44 bits per heavy atom. The van der Waals surface area contributed by atoms with Crippen LogP contribution in [-0.4, -0.2) is 81.2 Å². The molecule has 0 aromatic heterocycles. The zero-order chi connectivity index (χ0) is 12.2. The fourth-order valence-corrected chi connectivity index (χ4v) is 2.45. The molecule has 0 amide bonds. The Hall–Kier alpha value is -0.160. The molecule has 96 valence electrons. The molecule has 2 N–H and O–H groups in total. The summed E-state index contributed by atoms with van der Waals surface area (Å²) in [6.07, 6.45) is 2.50.